The highest BCUT2D eigenvalue weighted by atomic mass is 35.5. The van der Waals surface area contributed by atoms with Crippen molar-refractivity contribution in [2.24, 2.45) is 5.41 Å². The van der Waals surface area contributed by atoms with Crippen LogP contribution in [-0.4, -0.2) is 11.2 Å². The number of halogens is 1. The molecule has 0 heterocycles. The quantitative estimate of drug-likeness (QED) is 0.813. The summed E-state index contributed by atoms with van der Waals surface area (Å²) in [5.41, 5.74) is 1.20. The van der Waals surface area contributed by atoms with Crippen LogP contribution in [0.1, 0.15) is 25.3 Å². The second-order valence-electron chi connectivity index (χ2n) is 4.47. The molecular formula is C12H15ClO. The third kappa shape index (κ3) is 1.94. The normalized spacial score (nSPS) is 20.5. The molecule has 1 aliphatic rings. The Kier molecular flexibility index (Phi) is 2.54. The van der Waals surface area contributed by atoms with Gasteiger partial charge in [0.1, 0.15) is 0 Å². The SMILES string of the molecule is CC1(C(O)Cc2ccccc2Cl)CC1. The molecule has 1 N–H and O–H groups in total. The molecule has 14 heavy (non-hydrogen) atoms. The molecule has 0 bridgehead atoms. The first-order valence-corrected chi connectivity index (χ1v) is 5.41. The third-order valence-electron chi connectivity index (χ3n) is 3.21. The van der Waals surface area contributed by atoms with E-state index in [0.29, 0.717) is 6.42 Å². The lowest BCUT2D eigenvalue weighted by Gasteiger charge is -2.17. The van der Waals surface area contributed by atoms with Crippen LogP contribution in [0.25, 0.3) is 0 Å². The summed E-state index contributed by atoms with van der Waals surface area (Å²) in [5.74, 6) is 0. The molecule has 1 unspecified atom stereocenters. The minimum absolute atomic E-state index is 0.152. The van der Waals surface area contributed by atoms with Crippen molar-refractivity contribution in [2.75, 3.05) is 0 Å². The van der Waals surface area contributed by atoms with E-state index in [1.807, 2.05) is 24.3 Å². The van der Waals surface area contributed by atoms with Gasteiger partial charge in [0.05, 0.1) is 6.10 Å². The Hall–Kier alpha value is -0.530. The van der Waals surface area contributed by atoms with Gasteiger partial charge >= 0.3 is 0 Å². The Morgan fingerprint density at radius 2 is 2.07 bits per heavy atom. The van der Waals surface area contributed by atoms with Gasteiger partial charge in [0.2, 0.25) is 0 Å². The van der Waals surface area contributed by atoms with E-state index in [-0.39, 0.29) is 11.5 Å². The van der Waals surface area contributed by atoms with Gasteiger partial charge in [-0.05, 0) is 29.9 Å². The van der Waals surface area contributed by atoms with E-state index in [9.17, 15) is 5.11 Å². The van der Waals surface area contributed by atoms with E-state index in [4.69, 9.17) is 11.6 Å². The number of aliphatic hydroxyl groups is 1. The number of benzene rings is 1. The largest absolute Gasteiger partial charge is 0.392 e. The second kappa shape index (κ2) is 3.56. The minimum atomic E-state index is -0.248. The Morgan fingerprint density at radius 1 is 1.43 bits per heavy atom. The van der Waals surface area contributed by atoms with Crippen LogP contribution < -0.4 is 0 Å². The zero-order valence-electron chi connectivity index (χ0n) is 8.33. The molecule has 1 saturated carbocycles. The van der Waals surface area contributed by atoms with Crippen LogP contribution in [-0.2, 0) is 6.42 Å². The standard InChI is InChI=1S/C12H15ClO/c1-12(6-7-12)11(14)8-9-4-2-3-5-10(9)13/h2-5,11,14H,6-8H2,1H3. The first-order valence-electron chi connectivity index (χ1n) is 5.03. The van der Waals surface area contributed by atoms with Gasteiger partial charge in [-0.2, -0.15) is 0 Å². The molecule has 1 atom stereocenters. The summed E-state index contributed by atoms with van der Waals surface area (Å²) in [6, 6.07) is 7.73. The monoisotopic (exact) mass is 210 g/mol. The summed E-state index contributed by atoms with van der Waals surface area (Å²) < 4.78 is 0. The van der Waals surface area contributed by atoms with Crippen molar-refractivity contribution in [3.8, 4) is 0 Å². The Morgan fingerprint density at radius 3 is 2.64 bits per heavy atom. The van der Waals surface area contributed by atoms with Crippen LogP contribution in [0.4, 0.5) is 0 Å². The maximum absolute atomic E-state index is 9.97. The second-order valence-corrected chi connectivity index (χ2v) is 4.87. The van der Waals surface area contributed by atoms with Crippen molar-refractivity contribution < 1.29 is 5.11 Å². The number of aliphatic hydroxyl groups excluding tert-OH is 1. The Bertz CT molecular complexity index is 331. The summed E-state index contributed by atoms with van der Waals surface area (Å²) in [6.07, 6.45) is 2.70. The first-order chi connectivity index (χ1) is 6.62. The summed E-state index contributed by atoms with van der Waals surface area (Å²) >= 11 is 6.03. The van der Waals surface area contributed by atoms with Gasteiger partial charge in [-0.15, -0.1) is 0 Å². The molecule has 1 aromatic carbocycles. The highest BCUT2D eigenvalue weighted by Crippen LogP contribution is 2.49. The van der Waals surface area contributed by atoms with E-state index in [0.717, 1.165) is 23.4 Å². The molecule has 0 aliphatic heterocycles. The molecule has 1 aromatic rings. The van der Waals surface area contributed by atoms with E-state index in [2.05, 4.69) is 6.92 Å². The maximum Gasteiger partial charge on any atom is 0.0634 e. The number of rotatable bonds is 3. The first kappa shape index (κ1) is 10.0. The van der Waals surface area contributed by atoms with Crippen LogP contribution in [0.2, 0.25) is 5.02 Å². The van der Waals surface area contributed by atoms with Gasteiger partial charge in [0, 0.05) is 11.4 Å². The predicted molar refractivity (Wildman–Crippen MR) is 58.5 cm³/mol. The molecule has 0 aromatic heterocycles. The highest BCUT2D eigenvalue weighted by Gasteiger charge is 2.43. The molecule has 1 nitrogen and oxygen atoms in total. The molecule has 1 aliphatic carbocycles. The lowest BCUT2D eigenvalue weighted by Crippen LogP contribution is -2.21. The molecule has 1 fully saturated rings. The van der Waals surface area contributed by atoms with Gasteiger partial charge in [0.15, 0.2) is 0 Å². The fourth-order valence-electron chi connectivity index (χ4n) is 1.65. The molecule has 76 valence electrons. The van der Waals surface area contributed by atoms with E-state index in [1.54, 1.807) is 0 Å². The summed E-state index contributed by atoms with van der Waals surface area (Å²) in [6.45, 7) is 2.13. The molecule has 0 saturated heterocycles. The van der Waals surface area contributed by atoms with Gasteiger partial charge in [0.25, 0.3) is 0 Å². The third-order valence-corrected chi connectivity index (χ3v) is 3.58. The summed E-state index contributed by atoms with van der Waals surface area (Å²) in [7, 11) is 0. The van der Waals surface area contributed by atoms with Crippen LogP contribution in [0.5, 0.6) is 0 Å². The van der Waals surface area contributed by atoms with Crippen LogP contribution in [0, 0.1) is 5.41 Å². The highest BCUT2D eigenvalue weighted by molar-refractivity contribution is 6.31. The van der Waals surface area contributed by atoms with Crippen LogP contribution in [0.15, 0.2) is 24.3 Å². The lowest BCUT2D eigenvalue weighted by molar-refractivity contribution is 0.103. The predicted octanol–water partition coefficient (Wildman–Crippen LogP) is 3.04. The van der Waals surface area contributed by atoms with E-state index < -0.39 is 0 Å². The molecule has 0 amide bonds. The minimum Gasteiger partial charge on any atom is -0.392 e. The Balaban J connectivity index is 2.07. The van der Waals surface area contributed by atoms with Crippen molar-refractivity contribution in [3.05, 3.63) is 34.9 Å². The smallest absolute Gasteiger partial charge is 0.0634 e. The van der Waals surface area contributed by atoms with Crippen molar-refractivity contribution in [1.82, 2.24) is 0 Å². The summed E-state index contributed by atoms with van der Waals surface area (Å²) in [5, 5.41) is 10.7. The van der Waals surface area contributed by atoms with Gasteiger partial charge < -0.3 is 5.11 Å². The van der Waals surface area contributed by atoms with Crippen LogP contribution in [0.3, 0.4) is 0 Å². The molecule has 2 heteroatoms. The lowest BCUT2D eigenvalue weighted by atomic mass is 9.95. The van der Waals surface area contributed by atoms with Crippen LogP contribution >= 0.6 is 11.6 Å². The molecular weight excluding hydrogens is 196 g/mol. The molecule has 0 radical (unpaired) electrons. The number of hydrogen-bond donors (Lipinski definition) is 1. The van der Waals surface area contributed by atoms with Crippen molar-refractivity contribution in [3.63, 3.8) is 0 Å². The van der Waals surface area contributed by atoms with Crippen molar-refractivity contribution >= 4 is 11.6 Å². The van der Waals surface area contributed by atoms with Gasteiger partial charge in [-0.1, -0.05) is 36.7 Å². The summed E-state index contributed by atoms with van der Waals surface area (Å²) in [4.78, 5) is 0. The average molecular weight is 211 g/mol. The fourth-order valence-corrected chi connectivity index (χ4v) is 1.86. The fraction of sp³-hybridized carbons (Fsp3) is 0.500. The zero-order valence-corrected chi connectivity index (χ0v) is 9.09. The average Bonchev–Trinajstić information content (AvgIpc) is 2.89. The zero-order chi connectivity index (χ0) is 10.2. The maximum atomic E-state index is 9.97. The Labute approximate surface area is 89.7 Å². The van der Waals surface area contributed by atoms with Crippen molar-refractivity contribution in [1.29, 1.82) is 0 Å². The molecule has 2 rings (SSSR count). The topological polar surface area (TPSA) is 20.2 Å². The van der Waals surface area contributed by atoms with Crippen molar-refractivity contribution in [2.45, 2.75) is 32.3 Å². The van der Waals surface area contributed by atoms with Gasteiger partial charge in [-0.25, -0.2) is 0 Å². The van der Waals surface area contributed by atoms with E-state index >= 15 is 0 Å². The van der Waals surface area contributed by atoms with E-state index in [1.165, 1.54) is 0 Å². The molecule has 0 spiro atoms. The van der Waals surface area contributed by atoms with Gasteiger partial charge in [-0.3, -0.25) is 0 Å². The number of hydrogen-bond acceptors (Lipinski definition) is 1.